The van der Waals surface area contributed by atoms with Gasteiger partial charge in [-0.15, -0.1) is 0 Å². The van der Waals surface area contributed by atoms with Gasteiger partial charge in [0.25, 0.3) is 0 Å². The summed E-state index contributed by atoms with van der Waals surface area (Å²) < 4.78 is 20.2. The van der Waals surface area contributed by atoms with Gasteiger partial charge in [0.2, 0.25) is 0 Å². The van der Waals surface area contributed by atoms with E-state index in [4.69, 9.17) is 4.74 Å². The molecule has 0 aliphatic heterocycles. The van der Waals surface area contributed by atoms with E-state index in [-0.39, 0.29) is 11.6 Å². The van der Waals surface area contributed by atoms with Gasteiger partial charge in [-0.3, -0.25) is 0 Å². The van der Waals surface area contributed by atoms with Crippen LogP contribution in [0.15, 0.2) is 42.5 Å². The summed E-state index contributed by atoms with van der Waals surface area (Å²) in [5.74, 6) is 0.535. The number of halogens is 3. The maximum Gasteiger partial charge on any atom is 0.166 e. The molecule has 0 amide bonds. The van der Waals surface area contributed by atoms with Gasteiger partial charge in [-0.2, -0.15) is 0 Å². The van der Waals surface area contributed by atoms with Crippen LogP contribution in [-0.4, -0.2) is 0 Å². The average molecular weight is 407 g/mol. The molecule has 0 N–H and O–H groups in total. The average Bonchev–Trinajstić information content (AvgIpc) is 2.34. The van der Waals surface area contributed by atoms with E-state index in [1.807, 2.05) is 30.3 Å². The largest absolute Gasteiger partial charge is 0.454 e. The van der Waals surface area contributed by atoms with Crippen LogP contribution in [0.4, 0.5) is 4.39 Å². The summed E-state index contributed by atoms with van der Waals surface area (Å²) in [7, 11) is 0. The minimum absolute atomic E-state index is 0.246. The Labute approximate surface area is 121 Å². The third kappa shape index (κ3) is 3.42. The lowest BCUT2D eigenvalue weighted by Gasteiger charge is -2.07. The molecule has 17 heavy (non-hydrogen) atoms. The van der Waals surface area contributed by atoms with Crippen molar-refractivity contribution in [2.75, 3.05) is 0 Å². The minimum atomic E-state index is -0.347. The molecular weight excluding hydrogens is 398 g/mol. The molecule has 2 aromatic rings. The van der Waals surface area contributed by atoms with Crippen molar-refractivity contribution >= 4 is 38.5 Å². The summed E-state index contributed by atoms with van der Waals surface area (Å²) >= 11 is 5.49. The molecule has 0 radical (unpaired) electrons. The highest BCUT2D eigenvalue weighted by molar-refractivity contribution is 14.1. The second kappa shape index (κ2) is 5.82. The van der Waals surface area contributed by atoms with Gasteiger partial charge >= 0.3 is 0 Å². The molecule has 0 spiro atoms. The lowest BCUT2D eigenvalue weighted by Crippen LogP contribution is -1.90. The molecule has 0 heterocycles. The summed E-state index contributed by atoms with van der Waals surface area (Å²) in [6.45, 7) is 0. The van der Waals surface area contributed by atoms with Crippen LogP contribution in [0.5, 0.6) is 11.5 Å². The molecule has 0 saturated heterocycles. The quantitative estimate of drug-likeness (QED) is 0.508. The highest BCUT2D eigenvalue weighted by Crippen LogP contribution is 2.26. The third-order valence-corrected chi connectivity index (χ3v) is 3.56. The van der Waals surface area contributed by atoms with Crippen LogP contribution in [0.25, 0.3) is 0 Å². The smallest absolute Gasteiger partial charge is 0.166 e. The predicted molar refractivity (Wildman–Crippen MR) is 78.3 cm³/mol. The molecule has 0 fully saturated rings. The Kier molecular flexibility index (Phi) is 4.39. The van der Waals surface area contributed by atoms with Gasteiger partial charge in [-0.05, 0) is 64.6 Å². The van der Waals surface area contributed by atoms with E-state index in [0.29, 0.717) is 11.1 Å². The second-order valence-corrected chi connectivity index (χ2v) is 5.26. The standard InChI is InChI=1S/C13H9BrFIO/c14-8-9-1-6-13(12(15)7-9)17-11-4-2-10(16)3-5-11/h1-7H,8H2. The van der Waals surface area contributed by atoms with E-state index in [2.05, 4.69) is 38.5 Å². The van der Waals surface area contributed by atoms with Gasteiger partial charge in [-0.25, -0.2) is 4.39 Å². The molecule has 0 aromatic heterocycles. The molecule has 0 bridgehead atoms. The molecule has 2 rings (SSSR count). The number of alkyl halides is 1. The van der Waals surface area contributed by atoms with Gasteiger partial charge in [0.15, 0.2) is 11.6 Å². The second-order valence-electron chi connectivity index (χ2n) is 3.45. The van der Waals surface area contributed by atoms with E-state index < -0.39 is 0 Å². The molecule has 1 nitrogen and oxygen atoms in total. The molecule has 0 unspecified atom stereocenters. The van der Waals surface area contributed by atoms with E-state index in [1.165, 1.54) is 6.07 Å². The molecule has 4 heteroatoms. The van der Waals surface area contributed by atoms with Gasteiger partial charge in [0, 0.05) is 8.90 Å². The topological polar surface area (TPSA) is 9.23 Å². The minimum Gasteiger partial charge on any atom is -0.454 e. The number of rotatable bonds is 3. The first-order valence-corrected chi connectivity index (χ1v) is 7.17. The normalized spacial score (nSPS) is 10.3. The number of hydrogen-bond donors (Lipinski definition) is 0. The van der Waals surface area contributed by atoms with Crippen molar-refractivity contribution < 1.29 is 9.13 Å². The van der Waals surface area contributed by atoms with Crippen LogP contribution >= 0.6 is 38.5 Å². The summed E-state index contributed by atoms with van der Waals surface area (Å²) in [5.41, 5.74) is 0.887. The highest BCUT2D eigenvalue weighted by Gasteiger charge is 2.05. The van der Waals surface area contributed by atoms with Crippen LogP contribution in [0.1, 0.15) is 5.56 Å². The van der Waals surface area contributed by atoms with E-state index in [9.17, 15) is 4.39 Å². The Morgan fingerprint density at radius 3 is 2.41 bits per heavy atom. The van der Waals surface area contributed by atoms with Gasteiger partial charge in [-0.1, -0.05) is 22.0 Å². The molecule has 0 saturated carbocycles. The Balaban J connectivity index is 2.21. The highest BCUT2D eigenvalue weighted by atomic mass is 127. The van der Waals surface area contributed by atoms with Crippen LogP contribution in [-0.2, 0) is 5.33 Å². The lowest BCUT2D eigenvalue weighted by molar-refractivity contribution is 0.442. The van der Waals surface area contributed by atoms with Gasteiger partial charge in [0.1, 0.15) is 5.75 Å². The third-order valence-electron chi connectivity index (χ3n) is 2.19. The van der Waals surface area contributed by atoms with Crippen LogP contribution in [0, 0.1) is 9.39 Å². The molecule has 88 valence electrons. The van der Waals surface area contributed by atoms with E-state index in [1.54, 1.807) is 6.07 Å². The predicted octanol–water partition coefficient (Wildman–Crippen LogP) is 5.12. The Bertz CT molecular complexity index is 513. The molecular formula is C13H9BrFIO. The lowest BCUT2D eigenvalue weighted by atomic mass is 10.2. The van der Waals surface area contributed by atoms with Gasteiger partial charge in [0.05, 0.1) is 0 Å². The zero-order valence-corrected chi connectivity index (χ0v) is 12.5. The first-order chi connectivity index (χ1) is 8.19. The zero-order valence-electron chi connectivity index (χ0n) is 8.79. The Morgan fingerprint density at radius 1 is 1.12 bits per heavy atom. The van der Waals surface area contributed by atoms with E-state index >= 15 is 0 Å². The summed E-state index contributed by atoms with van der Waals surface area (Å²) in [5, 5.41) is 0.633. The maximum atomic E-state index is 13.7. The van der Waals surface area contributed by atoms with Crippen molar-refractivity contribution in [1.29, 1.82) is 0 Å². The fourth-order valence-electron chi connectivity index (χ4n) is 1.34. The van der Waals surface area contributed by atoms with Crippen LogP contribution in [0.2, 0.25) is 0 Å². The SMILES string of the molecule is Fc1cc(CBr)ccc1Oc1ccc(I)cc1. The Hall–Kier alpha value is -0.620. The van der Waals surface area contributed by atoms with Gasteiger partial charge < -0.3 is 4.74 Å². The van der Waals surface area contributed by atoms with Crippen molar-refractivity contribution in [1.82, 2.24) is 0 Å². The van der Waals surface area contributed by atoms with Crippen molar-refractivity contribution in [2.45, 2.75) is 5.33 Å². The Morgan fingerprint density at radius 2 is 1.82 bits per heavy atom. The summed E-state index contributed by atoms with van der Waals surface area (Å²) in [4.78, 5) is 0. The summed E-state index contributed by atoms with van der Waals surface area (Å²) in [6.07, 6.45) is 0. The first-order valence-electron chi connectivity index (χ1n) is 4.97. The van der Waals surface area contributed by atoms with Crippen molar-refractivity contribution in [2.24, 2.45) is 0 Å². The maximum absolute atomic E-state index is 13.7. The van der Waals surface area contributed by atoms with Crippen molar-refractivity contribution in [3.63, 3.8) is 0 Å². The summed E-state index contributed by atoms with van der Waals surface area (Å²) in [6, 6.07) is 12.4. The fourth-order valence-corrected chi connectivity index (χ4v) is 2.05. The van der Waals surface area contributed by atoms with Crippen molar-refractivity contribution in [3.8, 4) is 11.5 Å². The zero-order chi connectivity index (χ0) is 12.3. The molecule has 0 atom stereocenters. The monoisotopic (exact) mass is 406 g/mol. The number of hydrogen-bond acceptors (Lipinski definition) is 1. The fraction of sp³-hybridized carbons (Fsp3) is 0.0769. The molecule has 0 aliphatic carbocycles. The number of ether oxygens (including phenoxy) is 1. The molecule has 2 aromatic carbocycles. The first kappa shape index (κ1) is 12.8. The van der Waals surface area contributed by atoms with E-state index in [0.717, 1.165) is 9.13 Å². The van der Waals surface area contributed by atoms with Crippen LogP contribution < -0.4 is 4.74 Å². The van der Waals surface area contributed by atoms with Crippen LogP contribution in [0.3, 0.4) is 0 Å². The number of benzene rings is 2. The van der Waals surface area contributed by atoms with Crippen molar-refractivity contribution in [3.05, 3.63) is 57.4 Å². The molecule has 0 aliphatic rings.